The number of hydrogen-bond donors (Lipinski definition) is 1. The predicted octanol–water partition coefficient (Wildman–Crippen LogP) is 3.60. The van der Waals surface area contributed by atoms with Gasteiger partial charge in [-0.2, -0.15) is 0 Å². The molecule has 3 aromatic rings. The Balaban J connectivity index is 2.09. The summed E-state index contributed by atoms with van der Waals surface area (Å²) in [5.41, 5.74) is 2.26. The van der Waals surface area contributed by atoms with E-state index in [1.54, 1.807) is 42.5 Å². The number of nitrogens with zero attached hydrogens (tertiary/aromatic N) is 3. The molecular weight excluding hydrogens is 406 g/mol. The van der Waals surface area contributed by atoms with E-state index in [0.29, 0.717) is 5.69 Å². The van der Waals surface area contributed by atoms with Crippen molar-refractivity contribution < 1.29 is 13.5 Å². The fraction of sp³-hybridized carbons (Fsp3) is 0.167. The van der Waals surface area contributed by atoms with Crippen LogP contribution in [-0.4, -0.2) is 36.5 Å². The van der Waals surface area contributed by atoms with Crippen molar-refractivity contribution in [2.24, 2.45) is 12.0 Å². The van der Waals surface area contributed by atoms with Gasteiger partial charge in [0, 0.05) is 32.1 Å². The third kappa shape index (κ3) is 3.93. The lowest BCUT2D eigenvalue weighted by molar-refractivity contribution is 0.475. The van der Waals surface area contributed by atoms with Crippen LogP contribution in [0.2, 0.25) is 5.02 Å². The summed E-state index contributed by atoms with van der Waals surface area (Å²) >= 11 is 7.56. The van der Waals surface area contributed by atoms with E-state index in [9.17, 15) is 13.5 Å². The van der Waals surface area contributed by atoms with Gasteiger partial charge in [0.05, 0.1) is 16.4 Å². The summed E-state index contributed by atoms with van der Waals surface area (Å²) in [6, 6.07) is 11.5. The minimum absolute atomic E-state index is 0.0647. The van der Waals surface area contributed by atoms with Crippen LogP contribution in [0.1, 0.15) is 0 Å². The number of rotatable bonds is 4. The second-order valence-electron chi connectivity index (χ2n) is 6.02. The number of aromatic nitrogens is 1. The van der Waals surface area contributed by atoms with Crippen molar-refractivity contribution in [3.63, 3.8) is 0 Å². The Morgan fingerprint density at radius 3 is 2.44 bits per heavy atom. The highest BCUT2D eigenvalue weighted by molar-refractivity contribution is 7.89. The topological polar surface area (TPSA) is 74.9 Å². The zero-order valence-electron chi connectivity index (χ0n) is 14.9. The Kier molecular flexibility index (Phi) is 5.43. The molecule has 0 aliphatic heterocycles. The Morgan fingerprint density at radius 2 is 1.81 bits per heavy atom. The number of phenolic OH excluding ortho intramolecular Hbond substituents is 1. The summed E-state index contributed by atoms with van der Waals surface area (Å²) in [6.45, 7) is 0. The molecule has 0 unspecified atom stereocenters. The molecule has 0 atom stereocenters. The molecule has 6 nitrogen and oxygen atoms in total. The summed E-state index contributed by atoms with van der Waals surface area (Å²) in [6.07, 6.45) is 0. The summed E-state index contributed by atoms with van der Waals surface area (Å²) in [4.78, 5) is 5.37. The van der Waals surface area contributed by atoms with E-state index in [1.807, 2.05) is 17.0 Å². The minimum atomic E-state index is -3.65. The lowest BCUT2D eigenvalue weighted by Gasteiger charge is -2.14. The maximum absolute atomic E-state index is 12.5. The molecular formula is C18H18ClN3O3S2. The minimum Gasteiger partial charge on any atom is -0.508 e. The van der Waals surface area contributed by atoms with Crippen molar-refractivity contribution in [3.8, 4) is 17.0 Å². The van der Waals surface area contributed by atoms with E-state index < -0.39 is 10.0 Å². The molecule has 0 amide bonds. The zero-order valence-corrected chi connectivity index (χ0v) is 17.3. The molecule has 0 spiro atoms. The van der Waals surface area contributed by atoms with Crippen LogP contribution in [0.25, 0.3) is 11.3 Å². The molecule has 142 valence electrons. The number of thiazole rings is 1. The van der Waals surface area contributed by atoms with Gasteiger partial charge in [0.1, 0.15) is 10.6 Å². The fourth-order valence-electron chi connectivity index (χ4n) is 2.43. The molecule has 0 saturated carbocycles. The molecule has 0 fully saturated rings. The van der Waals surface area contributed by atoms with Crippen LogP contribution >= 0.6 is 22.9 Å². The van der Waals surface area contributed by atoms with Crippen molar-refractivity contribution in [1.29, 1.82) is 0 Å². The summed E-state index contributed by atoms with van der Waals surface area (Å²) in [5, 5.41) is 11.5. The van der Waals surface area contributed by atoms with Gasteiger partial charge in [0.15, 0.2) is 4.80 Å². The van der Waals surface area contributed by atoms with Gasteiger partial charge < -0.3 is 9.67 Å². The molecule has 1 aromatic heterocycles. The van der Waals surface area contributed by atoms with Crippen LogP contribution in [0, 0.1) is 0 Å². The van der Waals surface area contributed by atoms with Crippen LogP contribution in [0.3, 0.4) is 0 Å². The molecule has 0 aliphatic carbocycles. The Hall–Kier alpha value is -2.13. The van der Waals surface area contributed by atoms with Gasteiger partial charge in [-0.25, -0.2) is 17.7 Å². The van der Waals surface area contributed by atoms with Gasteiger partial charge >= 0.3 is 0 Å². The monoisotopic (exact) mass is 423 g/mol. The molecule has 1 N–H and O–H groups in total. The third-order valence-electron chi connectivity index (χ3n) is 3.98. The molecule has 3 rings (SSSR count). The van der Waals surface area contributed by atoms with Crippen LogP contribution in [0.5, 0.6) is 5.75 Å². The second kappa shape index (κ2) is 7.47. The smallest absolute Gasteiger partial charge is 0.244 e. The highest BCUT2D eigenvalue weighted by atomic mass is 35.5. The van der Waals surface area contributed by atoms with Gasteiger partial charge in [0.25, 0.3) is 0 Å². The van der Waals surface area contributed by atoms with Crippen LogP contribution < -0.4 is 4.80 Å². The molecule has 1 heterocycles. The molecule has 27 heavy (non-hydrogen) atoms. The lowest BCUT2D eigenvalue weighted by atomic mass is 10.2. The summed E-state index contributed by atoms with van der Waals surface area (Å²) < 4.78 is 28.0. The standard InChI is InChI=1S/C18H18ClN3O3S2/c1-21(2)27(24,25)17-10-12(4-9-15(17)19)16-11-26-18(22(16)3)20-13-5-7-14(23)8-6-13/h4-11,23H,1-3H3/b20-18+. The maximum Gasteiger partial charge on any atom is 0.244 e. The molecule has 0 bridgehead atoms. The van der Waals surface area contributed by atoms with E-state index in [1.165, 1.54) is 25.4 Å². The van der Waals surface area contributed by atoms with Crippen molar-refractivity contribution in [1.82, 2.24) is 8.87 Å². The number of benzene rings is 2. The average Bonchev–Trinajstić information content (AvgIpc) is 2.98. The summed E-state index contributed by atoms with van der Waals surface area (Å²) in [7, 11) is 1.15. The Morgan fingerprint density at radius 1 is 1.15 bits per heavy atom. The highest BCUT2D eigenvalue weighted by Crippen LogP contribution is 2.29. The number of aromatic hydroxyl groups is 1. The van der Waals surface area contributed by atoms with E-state index in [-0.39, 0.29) is 15.7 Å². The van der Waals surface area contributed by atoms with Gasteiger partial charge in [0.2, 0.25) is 10.0 Å². The predicted molar refractivity (Wildman–Crippen MR) is 108 cm³/mol. The molecule has 0 radical (unpaired) electrons. The van der Waals surface area contributed by atoms with Gasteiger partial charge in [-0.1, -0.05) is 17.7 Å². The van der Waals surface area contributed by atoms with Crippen LogP contribution in [-0.2, 0) is 17.1 Å². The van der Waals surface area contributed by atoms with Crippen molar-refractivity contribution in [2.45, 2.75) is 4.90 Å². The molecule has 0 saturated heterocycles. The largest absolute Gasteiger partial charge is 0.508 e. The Bertz CT molecular complexity index is 1150. The van der Waals surface area contributed by atoms with Gasteiger partial charge in [-0.05, 0) is 36.4 Å². The van der Waals surface area contributed by atoms with E-state index >= 15 is 0 Å². The van der Waals surface area contributed by atoms with Gasteiger partial charge in [-0.3, -0.25) is 0 Å². The zero-order chi connectivity index (χ0) is 19.8. The molecule has 2 aromatic carbocycles. The van der Waals surface area contributed by atoms with Crippen molar-refractivity contribution in [2.75, 3.05) is 14.1 Å². The van der Waals surface area contributed by atoms with E-state index in [0.717, 1.165) is 20.4 Å². The first kappa shape index (κ1) is 19.6. The van der Waals surface area contributed by atoms with E-state index in [2.05, 4.69) is 4.99 Å². The lowest BCUT2D eigenvalue weighted by Crippen LogP contribution is -2.22. The highest BCUT2D eigenvalue weighted by Gasteiger charge is 2.22. The van der Waals surface area contributed by atoms with Gasteiger partial charge in [-0.15, -0.1) is 11.3 Å². The first-order chi connectivity index (χ1) is 12.7. The number of phenols is 1. The first-order valence-corrected chi connectivity index (χ1v) is 10.6. The SMILES string of the molecule is CN(C)S(=O)(=O)c1cc(-c2cs/c(=N/c3ccc(O)cc3)n2C)ccc1Cl. The van der Waals surface area contributed by atoms with Crippen molar-refractivity contribution in [3.05, 3.63) is 57.7 Å². The normalized spacial score (nSPS) is 12.7. The number of sulfonamides is 1. The number of hydrogen-bond acceptors (Lipinski definition) is 5. The summed E-state index contributed by atoms with van der Waals surface area (Å²) in [5.74, 6) is 0.181. The fourth-order valence-corrected chi connectivity index (χ4v) is 4.75. The van der Waals surface area contributed by atoms with Crippen LogP contribution in [0.4, 0.5) is 5.69 Å². The third-order valence-corrected chi connectivity index (χ3v) is 7.20. The average molecular weight is 424 g/mol. The molecule has 0 aliphatic rings. The van der Waals surface area contributed by atoms with Crippen LogP contribution in [0.15, 0.2) is 57.7 Å². The quantitative estimate of drug-likeness (QED) is 0.696. The second-order valence-corrected chi connectivity index (χ2v) is 9.39. The number of halogens is 1. The maximum atomic E-state index is 12.5. The van der Waals surface area contributed by atoms with Crippen molar-refractivity contribution >= 4 is 38.6 Å². The first-order valence-electron chi connectivity index (χ1n) is 7.91. The Labute approximate surface area is 166 Å². The van der Waals surface area contributed by atoms with E-state index in [4.69, 9.17) is 11.6 Å². The molecule has 9 heteroatoms.